The van der Waals surface area contributed by atoms with Gasteiger partial charge in [-0.05, 0) is 18.4 Å². The zero-order valence-corrected chi connectivity index (χ0v) is 7.01. The fourth-order valence-corrected chi connectivity index (χ4v) is 1.75. The van der Waals surface area contributed by atoms with E-state index in [4.69, 9.17) is 0 Å². The van der Waals surface area contributed by atoms with Crippen LogP contribution in [0.25, 0.3) is 0 Å². The number of ketones is 1. The molecule has 1 heteroatoms. The minimum absolute atomic E-state index is 0.205. The number of hydrogen-bond donors (Lipinski definition) is 0. The van der Waals surface area contributed by atoms with Crippen molar-refractivity contribution >= 4 is 5.78 Å². The maximum absolute atomic E-state index is 10.9. The van der Waals surface area contributed by atoms with Gasteiger partial charge in [-0.1, -0.05) is 32.3 Å². The summed E-state index contributed by atoms with van der Waals surface area (Å²) in [5, 5.41) is 0. The van der Waals surface area contributed by atoms with E-state index in [1.165, 1.54) is 31.8 Å². The molecule has 1 saturated carbocycles. The van der Waals surface area contributed by atoms with Crippen LogP contribution in [0.5, 0.6) is 0 Å². The molecule has 1 fully saturated rings. The molecule has 0 aromatic heterocycles. The van der Waals surface area contributed by atoms with Gasteiger partial charge >= 0.3 is 0 Å². The number of carbonyl (C=O) groups excluding carboxylic acids is 1. The second-order valence-corrected chi connectivity index (χ2v) is 3.36. The molecule has 62 valence electrons. The molecule has 1 aliphatic rings. The van der Waals surface area contributed by atoms with Crippen LogP contribution in [0.15, 0.2) is 12.7 Å². The van der Waals surface area contributed by atoms with Gasteiger partial charge in [0.05, 0.1) is 0 Å². The Morgan fingerprint density at radius 1 is 1.45 bits per heavy atom. The smallest absolute Gasteiger partial charge is 0.155 e. The summed E-state index contributed by atoms with van der Waals surface area (Å²) in [6, 6.07) is 0. The molecular formula is C10H16O. The van der Waals surface area contributed by atoms with E-state index >= 15 is 0 Å². The molecule has 1 aliphatic carbocycles. The molecule has 0 unspecified atom stereocenters. The van der Waals surface area contributed by atoms with Crippen molar-refractivity contribution in [2.45, 2.75) is 38.5 Å². The molecule has 0 atom stereocenters. The van der Waals surface area contributed by atoms with Gasteiger partial charge in [0.2, 0.25) is 0 Å². The Labute approximate surface area is 68.5 Å². The maximum atomic E-state index is 10.9. The third kappa shape index (κ3) is 2.87. The van der Waals surface area contributed by atoms with E-state index in [0.29, 0.717) is 6.42 Å². The van der Waals surface area contributed by atoms with Crippen LogP contribution in [0.2, 0.25) is 0 Å². The van der Waals surface area contributed by atoms with Crippen molar-refractivity contribution in [3.63, 3.8) is 0 Å². The van der Waals surface area contributed by atoms with Gasteiger partial charge in [0, 0.05) is 6.42 Å². The van der Waals surface area contributed by atoms with Crippen molar-refractivity contribution in [1.82, 2.24) is 0 Å². The molecule has 1 rings (SSSR count). The highest BCUT2D eigenvalue weighted by Gasteiger charge is 2.14. The zero-order chi connectivity index (χ0) is 8.10. The Balaban J connectivity index is 2.10. The van der Waals surface area contributed by atoms with Crippen molar-refractivity contribution in [2.24, 2.45) is 5.92 Å². The van der Waals surface area contributed by atoms with E-state index in [-0.39, 0.29) is 5.78 Å². The third-order valence-electron chi connectivity index (χ3n) is 2.50. The highest BCUT2D eigenvalue weighted by Crippen LogP contribution is 2.28. The lowest BCUT2D eigenvalue weighted by atomic mass is 10.0. The Morgan fingerprint density at radius 2 is 2.09 bits per heavy atom. The first kappa shape index (κ1) is 8.51. The Morgan fingerprint density at radius 3 is 2.64 bits per heavy atom. The molecule has 11 heavy (non-hydrogen) atoms. The summed E-state index contributed by atoms with van der Waals surface area (Å²) in [7, 11) is 0. The van der Waals surface area contributed by atoms with Gasteiger partial charge in [0.25, 0.3) is 0 Å². The standard InChI is InChI=1S/C10H16O/c1-2-10(11)8-7-9-5-3-4-6-9/h2,9H,1,3-8H2. The van der Waals surface area contributed by atoms with Crippen LogP contribution in [0, 0.1) is 5.92 Å². The average Bonchev–Trinajstić information content (AvgIpc) is 2.52. The summed E-state index contributed by atoms with van der Waals surface area (Å²) >= 11 is 0. The number of carbonyl (C=O) groups is 1. The van der Waals surface area contributed by atoms with Crippen LogP contribution in [-0.4, -0.2) is 5.78 Å². The van der Waals surface area contributed by atoms with Gasteiger partial charge in [-0.15, -0.1) is 0 Å². The molecule has 1 nitrogen and oxygen atoms in total. The lowest BCUT2D eigenvalue weighted by Crippen LogP contribution is -1.98. The topological polar surface area (TPSA) is 17.1 Å². The molecule has 0 radical (unpaired) electrons. The molecule has 0 aliphatic heterocycles. The highest BCUT2D eigenvalue weighted by atomic mass is 16.1. The van der Waals surface area contributed by atoms with Gasteiger partial charge in [-0.25, -0.2) is 0 Å². The number of rotatable bonds is 4. The molecule has 0 heterocycles. The van der Waals surface area contributed by atoms with Crippen molar-refractivity contribution in [3.8, 4) is 0 Å². The minimum atomic E-state index is 0.205. The minimum Gasteiger partial charge on any atom is -0.295 e. The maximum Gasteiger partial charge on any atom is 0.155 e. The largest absolute Gasteiger partial charge is 0.295 e. The molecular weight excluding hydrogens is 136 g/mol. The van der Waals surface area contributed by atoms with Gasteiger partial charge in [-0.3, -0.25) is 4.79 Å². The summed E-state index contributed by atoms with van der Waals surface area (Å²) in [6.07, 6.45) is 8.66. The second-order valence-electron chi connectivity index (χ2n) is 3.36. The van der Waals surface area contributed by atoms with Crippen molar-refractivity contribution in [1.29, 1.82) is 0 Å². The first-order chi connectivity index (χ1) is 5.33. The summed E-state index contributed by atoms with van der Waals surface area (Å²) < 4.78 is 0. The normalized spacial score (nSPS) is 18.5. The lowest BCUT2D eigenvalue weighted by Gasteiger charge is -2.05. The Bertz CT molecular complexity index is 143. The Kier molecular flexibility index (Phi) is 3.34. The number of allylic oxidation sites excluding steroid dienone is 1. The van der Waals surface area contributed by atoms with Crippen LogP contribution in [-0.2, 0) is 4.79 Å². The fourth-order valence-electron chi connectivity index (χ4n) is 1.75. The van der Waals surface area contributed by atoms with Crippen molar-refractivity contribution < 1.29 is 4.79 Å². The highest BCUT2D eigenvalue weighted by molar-refractivity contribution is 5.88. The van der Waals surface area contributed by atoms with E-state index in [2.05, 4.69) is 6.58 Å². The monoisotopic (exact) mass is 152 g/mol. The molecule has 0 aromatic carbocycles. The van der Waals surface area contributed by atoms with Gasteiger partial charge in [0.15, 0.2) is 5.78 Å². The van der Waals surface area contributed by atoms with Crippen LogP contribution < -0.4 is 0 Å². The van der Waals surface area contributed by atoms with Gasteiger partial charge < -0.3 is 0 Å². The first-order valence-corrected chi connectivity index (χ1v) is 4.48. The van der Waals surface area contributed by atoms with E-state index in [1.807, 2.05) is 0 Å². The van der Waals surface area contributed by atoms with Crippen molar-refractivity contribution in [2.75, 3.05) is 0 Å². The molecule has 0 amide bonds. The lowest BCUT2D eigenvalue weighted by molar-refractivity contribution is -0.114. The predicted molar refractivity (Wildman–Crippen MR) is 46.4 cm³/mol. The fraction of sp³-hybridized carbons (Fsp3) is 0.700. The summed E-state index contributed by atoms with van der Waals surface area (Å²) in [4.78, 5) is 10.9. The van der Waals surface area contributed by atoms with Crippen LogP contribution >= 0.6 is 0 Å². The van der Waals surface area contributed by atoms with E-state index < -0.39 is 0 Å². The van der Waals surface area contributed by atoms with Gasteiger partial charge in [-0.2, -0.15) is 0 Å². The van der Waals surface area contributed by atoms with E-state index in [1.54, 1.807) is 0 Å². The molecule has 0 spiro atoms. The first-order valence-electron chi connectivity index (χ1n) is 4.48. The molecule has 0 N–H and O–H groups in total. The summed E-state index contributed by atoms with van der Waals surface area (Å²) in [5.41, 5.74) is 0. The van der Waals surface area contributed by atoms with E-state index in [0.717, 1.165) is 12.3 Å². The van der Waals surface area contributed by atoms with Gasteiger partial charge in [0.1, 0.15) is 0 Å². The molecule has 0 saturated heterocycles. The third-order valence-corrected chi connectivity index (χ3v) is 2.50. The van der Waals surface area contributed by atoms with Crippen LogP contribution in [0.1, 0.15) is 38.5 Å². The second kappa shape index (κ2) is 4.32. The molecule has 0 aromatic rings. The SMILES string of the molecule is C=CC(=O)CCC1CCCC1. The zero-order valence-electron chi connectivity index (χ0n) is 7.01. The quantitative estimate of drug-likeness (QED) is 0.566. The predicted octanol–water partition coefficient (Wildman–Crippen LogP) is 2.71. The molecule has 0 bridgehead atoms. The summed E-state index contributed by atoms with van der Waals surface area (Å²) in [6.45, 7) is 3.46. The van der Waals surface area contributed by atoms with E-state index in [9.17, 15) is 4.79 Å². The number of hydrogen-bond acceptors (Lipinski definition) is 1. The van der Waals surface area contributed by atoms with Crippen LogP contribution in [0.4, 0.5) is 0 Å². The Hall–Kier alpha value is -0.590. The van der Waals surface area contributed by atoms with Crippen molar-refractivity contribution in [3.05, 3.63) is 12.7 Å². The van der Waals surface area contributed by atoms with Crippen LogP contribution in [0.3, 0.4) is 0 Å². The average molecular weight is 152 g/mol. The summed E-state index contributed by atoms with van der Waals surface area (Å²) in [5.74, 6) is 1.04.